The second kappa shape index (κ2) is 10.6. The molecule has 0 radical (unpaired) electrons. The van der Waals surface area contributed by atoms with Crippen LogP contribution in [0.3, 0.4) is 0 Å². The van der Waals surface area contributed by atoms with Gasteiger partial charge in [-0.1, -0.05) is 42.5 Å². The summed E-state index contributed by atoms with van der Waals surface area (Å²) in [6.45, 7) is 1.10. The van der Waals surface area contributed by atoms with Crippen molar-refractivity contribution in [3.05, 3.63) is 77.9 Å². The summed E-state index contributed by atoms with van der Waals surface area (Å²) < 4.78 is 11.8. The van der Waals surface area contributed by atoms with Crippen LogP contribution in [-0.4, -0.2) is 69.3 Å². The number of nitrogens with zero attached hydrogens (tertiary/aromatic N) is 5. The Labute approximate surface area is 212 Å². The Morgan fingerprint density at radius 1 is 0.865 bits per heavy atom. The minimum Gasteiger partial charge on any atom is -0.468 e. The smallest absolute Gasteiger partial charge is 0.319 e. The number of fused-ring (bicyclic) bond motifs is 3. The SMILES string of the molecule is COC(=O)CN(CC(=O)OC)Cc1ccc(Cn2c3ccccc3c3cc(-c4nn[nH]n4)ccc32)cc1. The number of benzene rings is 3. The van der Waals surface area contributed by atoms with E-state index in [1.807, 2.05) is 30.3 Å². The number of hydrogen-bond acceptors (Lipinski definition) is 8. The molecular weight excluding hydrogens is 472 g/mol. The minimum absolute atomic E-state index is 0.000540. The number of esters is 2. The number of hydrogen-bond donors (Lipinski definition) is 1. The van der Waals surface area contributed by atoms with E-state index in [-0.39, 0.29) is 13.1 Å². The van der Waals surface area contributed by atoms with E-state index in [0.717, 1.165) is 38.5 Å². The first-order chi connectivity index (χ1) is 18.1. The third kappa shape index (κ3) is 5.19. The molecule has 5 aromatic rings. The van der Waals surface area contributed by atoms with Crippen LogP contribution >= 0.6 is 0 Å². The molecule has 0 aliphatic carbocycles. The largest absolute Gasteiger partial charge is 0.468 e. The topological polar surface area (TPSA) is 115 Å². The molecule has 0 atom stereocenters. The summed E-state index contributed by atoms with van der Waals surface area (Å²) in [5.74, 6) is -0.258. The summed E-state index contributed by atoms with van der Waals surface area (Å²) >= 11 is 0. The van der Waals surface area contributed by atoms with Crippen molar-refractivity contribution in [2.75, 3.05) is 27.3 Å². The molecule has 3 aromatic carbocycles. The lowest BCUT2D eigenvalue weighted by molar-refractivity contribution is -0.145. The van der Waals surface area contributed by atoms with Crippen LogP contribution in [0.15, 0.2) is 66.7 Å². The van der Waals surface area contributed by atoms with Crippen LogP contribution in [0.5, 0.6) is 0 Å². The number of methoxy groups -OCH3 is 2. The number of ether oxygens (including phenoxy) is 2. The van der Waals surface area contributed by atoms with Crippen molar-refractivity contribution in [2.24, 2.45) is 0 Å². The zero-order valence-corrected chi connectivity index (χ0v) is 20.5. The molecule has 37 heavy (non-hydrogen) atoms. The number of carbonyl (C=O) groups is 2. The van der Waals surface area contributed by atoms with E-state index in [0.29, 0.717) is 18.9 Å². The lowest BCUT2D eigenvalue weighted by Gasteiger charge is -2.20. The first kappa shape index (κ1) is 24.1. The van der Waals surface area contributed by atoms with E-state index >= 15 is 0 Å². The summed E-state index contributed by atoms with van der Waals surface area (Å²) in [7, 11) is 2.66. The van der Waals surface area contributed by atoms with E-state index in [1.165, 1.54) is 14.2 Å². The number of nitrogens with one attached hydrogen (secondary N) is 1. The van der Waals surface area contributed by atoms with Crippen LogP contribution in [0, 0.1) is 0 Å². The van der Waals surface area contributed by atoms with Crippen LogP contribution in [0.25, 0.3) is 33.2 Å². The molecule has 10 heteroatoms. The van der Waals surface area contributed by atoms with Gasteiger partial charge in [-0.15, -0.1) is 10.2 Å². The molecule has 5 rings (SSSR count). The maximum absolute atomic E-state index is 11.8. The van der Waals surface area contributed by atoms with Crippen LogP contribution in [0.1, 0.15) is 11.1 Å². The Bertz CT molecular complexity index is 1530. The van der Waals surface area contributed by atoms with Gasteiger partial charge in [-0.3, -0.25) is 14.5 Å². The third-order valence-corrected chi connectivity index (χ3v) is 6.31. The van der Waals surface area contributed by atoms with E-state index in [4.69, 9.17) is 9.47 Å². The highest BCUT2D eigenvalue weighted by molar-refractivity contribution is 6.09. The lowest BCUT2D eigenvalue weighted by atomic mass is 10.1. The van der Waals surface area contributed by atoms with Gasteiger partial charge in [0.15, 0.2) is 0 Å². The molecule has 188 valence electrons. The molecule has 0 saturated carbocycles. The van der Waals surface area contributed by atoms with Crippen molar-refractivity contribution in [3.8, 4) is 11.4 Å². The minimum atomic E-state index is -0.408. The van der Waals surface area contributed by atoms with Crippen LogP contribution < -0.4 is 0 Å². The fourth-order valence-corrected chi connectivity index (χ4v) is 4.50. The molecule has 0 unspecified atom stereocenters. The van der Waals surface area contributed by atoms with E-state index in [1.54, 1.807) is 4.90 Å². The monoisotopic (exact) mass is 498 g/mol. The molecule has 0 amide bonds. The molecule has 0 aliphatic rings. The second-order valence-corrected chi connectivity index (χ2v) is 8.68. The Hall–Kier alpha value is -4.57. The maximum atomic E-state index is 11.8. The molecule has 0 saturated heterocycles. The summed E-state index contributed by atoms with van der Waals surface area (Å²) in [6, 6.07) is 22.7. The molecule has 10 nitrogen and oxygen atoms in total. The highest BCUT2D eigenvalue weighted by Crippen LogP contribution is 2.32. The summed E-state index contributed by atoms with van der Waals surface area (Å²) in [4.78, 5) is 25.3. The normalized spacial score (nSPS) is 11.3. The first-order valence-corrected chi connectivity index (χ1v) is 11.7. The molecule has 2 heterocycles. The molecule has 2 aromatic heterocycles. The number of H-pyrrole nitrogens is 1. The lowest BCUT2D eigenvalue weighted by Crippen LogP contribution is -2.35. The Kier molecular flexibility index (Phi) is 6.91. The molecule has 0 bridgehead atoms. The zero-order valence-electron chi connectivity index (χ0n) is 20.5. The van der Waals surface area contributed by atoms with Crippen LogP contribution in [0.4, 0.5) is 0 Å². The van der Waals surface area contributed by atoms with Crippen molar-refractivity contribution in [1.82, 2.24) is 30.1 Å². The van der Waals surface area contributed by atoms with E-state index in [2.05, 4.69) is 61.6 Å². The van der Waals surface area contributed by atoms with Gasteiger partial charge in [0.05, 0.1) is 27.3 Å². The second-order valence-electron chi connectivity index (χ2n) is 8.68. The number of aromatic nitrogens is 5. The van der Waals surface area contributed by atoms with Crippen molar-refractivity contribution in [1.29, 1.82) is 0 Å². The molecule has 1 N–H and O–H groups in total. The fourth-order valence-electron chi connectivity index (χ4n) is 4.50. The number of aromatic amines is 1. The van der Waals surface area contributed by atoms with Gasteiger partial charge < -0.3 is 14.0 Å². The van der Waals surface area contributed by atoms with Gasteiger partial charge in [-0.25, -0.2) is 0 Å². The van der Waals surface area contributed by atoms with Gasteiger partial charge in [-0.2, -0.15) is 5.21 Å². The van der Waals surface area contributed by atoms with Gasteiger partial charge in [-0.05, 0) is 40.6 Å². The van der Waals surface area contributed by atoms with Gasteiger partial charge in [0.25, 0.3) is 0 Å². The van der Waals surface area contributed by atoms with Gasteiger partial charge >= 0.3 is 11.9 Å². The highest BCUT2D eigenvalue weighted by atomic mass is 16.5. The summed E-state index contributed by atoms with van der Waals surface area (Å²) in [5.41, 5.74) is 5.25. The van der Waals surface area contributed by atoms with Crippen molar-refractivity contribution >= 4 is 33.7 Å². The Morgan fingerprint density at radius 3 is 2.22 bits per heavy atom. The van der Waals surface area contributed by atoms with Gasteiger partial charge in [0.1, 0.15) is 0 Å². The van der Waals surface area contributed by atoms with Gasteiger partial charge in [0, 0.05) is 40.5 Å². The molecule has 0 fully saturated rings. The Balaban J connectivity index is 1.41. The predicted molar refractivity (Wildman–Crippen MR) is 137 cm³/mol. The number of tetrazole rings is 1. The fraction of sp³-hybridized carbons (Fsp3) is 0.222. The summed E-state index contributed by atoms with van der Waals surface area (Å²) in [5, 5.41) is 16.7. The average Bonchev–Trinajstić information content (AvgIpc) is 3.57. The highest BCUT2D eigenvalue weighted by Gasteiger charge is 2.17. The van der Waals surface area contributed by atoms with Crippen molar-refractivity contribution < 1.29 is 19.1 Å². The third-order valence-electron chi connectivity index (χ3n) is 6.31. The van der Waals surface area contributed by atoms with Crippen molar-refractivity contribution in [2.45, 2.75) is 13.1 Å². The van der Waals surface area contributed by atoms with Crippen LogP contribution in [0.2, 0.25) is 0 Å². The molecule has 0 spiro atoms. The van der Waals surface area contributed by atoms with E-state index < -0.39 is 11.9 Å². The first-order valence-electron chi connectivity index (χ1n) is 11.7. The van der Waals surface area contributed by atoms with Crippen molar-refractivity contribution in [3.63, 3.8) is 0 Å². The maximum Gasteiger partial charge on any atom is 0.319 e. The predicted octanol–water partition coefficient (Wildman–Crippen LogP) is 3.17. The quantitative estimate of drug-likeness (QED) is 0.308. The number of carbonyl (C=O) groups excluding carboxylic acids is 2. The van der Waals surface area contributed by atoms with Gasteiger partial charge in [0.2, 0.25) is 5.82 Å². The summed E-state index contributed by atoms with van der Waals surface area (Å²) in [6.07, 6.45) is 0. The zero-order chi connectivity index (χ0) is 25.8. The Morgan fingerprint density at radius 2 is 1.54 bits per heavy atom. The number of rotatable bonds is 9. The molecule has 0 aliphatic heterocycles. The number of para-hydroxylation sites is 1. The standard InChI is InChI=1S/C27H26N6O4/c1-36-25(34)16-32(17-26(35)37-2)14-18-7-9-19(10-8-18)15-33-23-6-4-3-5-21(23)22-13-20(11-12-24(22)33)27-28-30-31-29-27/h3-13H,14-17H2,1-2H3,(H,28,29,30,31). The van der Waals surface area contributed by atoms with E-state index in [9.17, 15) is 9.59 Å². The molecular formula is C27H26N6O4. The van der Waals surface area contributed by atoms with Crippen LogP contribution in [-0.2, 0) is 32.2 Å². The average molecular weight is 499 g/mol.